The molecule has 16 heavy (non-hydrogen) atoms. The lowest BCUT2D eigenvalue weighted by molar-refractivity contribution is -0.113. The molecule has 0 aliphatic rings. The van der Waals surface area contributed by atoms with Crippen molar-refractivity contribution in [3.63, 3.8) is 0 Å². The van der Waals surface area contributed by atoms with Gasteiger partial charge >= 0.3 is 5.76 Å². The van der Waals surface area contributed by atoms with Gasteiger partial charge in [-0.15, -0.1) is 0 Å². The van der Waals surface area contributed by atoms with E-state index in [9.17, 15) is 9.59 Å². The van der Waals surface area contributed by atoms with Crippen LogP contribution in [0.3, 0.4) is 0 Å². The van der Waals surface area contributed by atoms with Gasteiger partial charge in [-0.2, -0.15) is 12.6 Å². The summed E-state index contributed by atoms with van der Waals surface area (Å²) in [5.41, 5.74) is 1.72. The predicted molar refractivity (Wildman–Crippen MR) is 63.9 cm³/mol. The summed E-state index contributed by atoms with van der Waals surface area (Å²) in [6, 6.07) is 5.03. The van der Waals surface area contributed by atoms with Crippen molar-refractivity contribution in [2.75, 3.05) is 11.1 Å². The van der Waals surface area contributed by atoms with Crippen LogP contribution < -0.4 is 11.1 Å². The van der Waals surface area contributed by atoms with E-state index in [4.69, 9.17) is 4.42 Å². The van der Waals surface area contributed by atoms with Crippen LogP contribution in [0.15, 0.2) is 27.4 Å². The van der Waals surface area contributed by atoms with E-state index in [2.05, 4.69) is 17.9 Å². The normalized spacial score (nSPS) is 10.6. The van der Waals surface area contributed by atoms with Gasteiger partial charge in [-0.3, -0.25) is 9.36 Å². The molecule has 0 spiro atoms. The Morgan fingerprint density at radius 1 is 1.56 bits per heavy atom. The van der Waals surface area contributed by atoms with Crippen molar-refractivity contribution in [1.29, 1.82) is 0 Å². The zero-order valence-corrected chi connectivity index (χ0v) is 9.45. The number of nitrogens with one attached hydrogen (secondary N) is 1. The molecule has 2 rings (SSSR count). The molecule has 1 heterocycles. The number of hydrogen-bond donors (Lipinski definition) is 2. The first-order valence-corrected chi connectivity index (χ1v) is 5.25. The lowest BCUT2D eigenvalue weighted by Crippen LogP contribution is -2.12. The highest BCUT2D eigenvalue weighted by molar-refractivity contribution is 7.81. The third kappa shape index (κ3) is 1.83. The highest BCUT2D eigenvalue weighted by atomic mass is 32.1. The first kappa shape index (κ1) is 10.8. The average molecular weight is 238 g/mol. The third-order valence-electron chi connectivity index (χ3n) is 2.22. The lowest BCUT2D eigenvalue weighted by atomic mass is 10.3. The standard InChI is InChI=1S/C10H10N2O3S/c1-12-7-3-2-6(11-9(13)5-16)4-8(7)15-10(12)14/h2-4,16H,5H2,1H3,(H,11,13). The Kier molecular flexibility index (Phi) is 2.74. The molecule has 6 heteroatoms. The topological polar surface area (TPSA) is 64.2 Å². The van der Waals surface area contributed by atoms with Crippen LogP contribution in [-0.2, 0) is 11.8 Å². The van der Waals surface area contributed by atoms with Gasteiger partial charge in [-0.05, 0) is 12.1 Å². The van der Waals surface area contributed by atoms with Crippen molar-refractivity contribution in [3.05, 3.63) is 28.7 Å². The summed E-state index contributed by atoms with van der Waals surface area (Å²) in [7, 11) is 1.63. The summed E-state index contributed by atoms with van der Waals surface area (Å²) >= 11 is 3.85. The Balaban J connectivity index is 2.45. The quantitative estimate of drug-likeness (QED) is 0.767. The summed E-state index contributed by atoms with van der Waals surface area (Å²) in [6.07, 6.45) is 0. The Bertz CT molecular complexity index is 600. The van der Waals surface area contributed by atoms with Gasteiger partial charge in [-0.25, -0.2) is 4.79 Å². The fourth-order valence-corrected chi connectivity index (χ4v) is 1.49. The second-order valence-corrected chi connectivity index (χ2v) is 3.63. The maximum Gasteiger partial charge on any atom is 0.419 e. The van der Waals surface area contributed by atoms with Gasteiger partial charge in [0.15, 0.2) is 5.58 Å². The zero-order valence-electron chi connectivity index (χ0n) is 8.56. The molecular formula is C10H10N2O3S. The number of carbonyl (C=O) groups excluding carboxylic acids is 1. The number of aromatic nitrogens is 1. The Morgan fingerprint density at radius 2 is 2.31 bits per heavy atom. The molecule has 0 saturated carbocycles. The van der Waals surface area contributed by atoms with Crippen LogP contribution in [0.25, 0.3) is 11.1 Å². The number of nitrogens with zero attached hydrogens (tertiary/aromatic N) is 1. The molecule has 1 aromatic heterocycles. The molecule has 0 atom stereocenters. The van der Waals surface area contributed by atoms with Crippen molar-refractivity contribution in [2.24, 2.45) is 7.05 Å². The number of anilines is 1. The Hall–Kier alpha value is -1.69. The molecule has 0 aliphatic carbocycles. The Morgan fingerprint density at radius 3 is 3.00 bits per heavy atom. The fraction of sp³-hybridized carbons (Fsp3) is 0.200. The summed E-state index contributed by atoms with van der Waals surface area (Å²) in [5, 5.41) is 2.63. The fourth-order valence-electron chi connectivity index (χ4n) is 1.41. The average Bonchev–Trinajstić information content (AvgIpc) is 2.54. The minimum absolute atomic E-state index is 0.108. The molecule has 1 aromatic carbocycles. The number of thiol groups is 1. The van der Waals surface area contributed by atoms with Crippen LogP contribution in [0.5, 0.6) is 0 Å². The second-order valence-electron chi connectivity index (χ2n) is 3.32. The number of amides is 1. The van der Waals surface area contributed by atoms with E-state index in [1.807, 2.05) is 0 Å². The number of benzene rings is 1. The first-order chi connectivity index (χ1) is 7.61. The van der Waals surface area contributed by atoms with Crippen molar-refractivity contribution in [1.82, 2.24) is 4.57 Å². The molecule has 0 bridgehead atoms. The number of fused-ring (bicyclic) bond motifs is 1. The SMILES string of the molecule is Cn1c(=O)oc2cc(NC(=O)CS)ccc21. The predicted octanol–water partition coefficient (Wildman–Crippen LogP) is 1.000. The highest BCUT2D eigenvalue weighted by Crippen LogP contribution is 2.17. The summed E-state index contributed by atoms with van der Waals surface area (Å²) in [5.74, 6) is -0.523. The Labute approximate surface area is 96.5 Å². The number of aryl methyl sites for hydroxylation is 1. The van der Waals surface area contributed by atoms with E-state index in [-0.39, 0.29) is 11.7 Å². The molecule has 5 nitrogen and oxygen atoms in total. The van der Waals surface area contributed by atoms with Crippen LogP contribution in [0.2, 0.25) is 0 Å². The van der Waals surface area contributed by atoms with Crippen LogP contribution in [-0.4, -0.2) is 16.2 Å². The van der Waals surface area contributed by atoms with Crippen molar-refractivity contribution >= 4 is 35.3 Å². The maximum atomic E-state index is 11.2. The zero-order chi connectivity index (χ0) is 11.7. The van der Waals surface area contributed by atoms with Crippen LogP contribution in [0.4, 0.5) is 5.69 Å². The highest BCUT2D eigenvalue weighted by Gasteiger charge is 2.07. The van der Waals surface area contributed by atoms with Gasteiger partial charge in [-0.1, -0.05) is 0 Å². The van der Waals surface area contributed by atoms with E-state index < -0.39 is 5.76 Å². The molecule has 0 unspecified atom stereocenters. The minimum atomic E-state index is -0.423. The van der Waals surface area contributed by atoms with Gasteiger partial charge in [0.2, 0.25) is 5.91 Å². The molecule has 0 radical (unpaired) electrons. The van der Waals surface area contributed by atoms with Gasteiger partial charge in [0.1, 0.15) is 0 Å². The largest absolute Gasteiger partial charge is 0.419 e. The third-order valence-corrected chi connectivity index (χ3v) is 2.51. The second kappa shape index (κ2) is 4.05. The number of rotatable bonds is 2. The maximum absolute atomic E-state index is 11.2. The molecule has 0 saturated heterocycles. The van der Waals surface area contributed by atoms with Crippen LogP contribution in [0.1, 0.15) is 0 Å². The molecular weight excluding hydrogens is 228 g/mol. The summed E-state index contributed by atoms with van der Waals surface area (Å²) in [4.78, 5) is 22.3. The van der Waals surface area contributed by atoms with Gasteiger partial charge in [0.25, 0.3) is 0 Å². The lowest BCUT2D eigenvalue weighted by Gasteiger charge is -2.02. The summed E-state index contributed by atoms with van der Waals surface area (Å²) in [6.45, 7) is 0. The van der Waals surface area contributed by atoms with E-state index in [1.165, 1.54) is 4.57 Å². The molecule has 0 fully saturated rings. The van der Waals surface area contributed by atoms with Gasteiger partial charge in [0, 0.05) is 18.8 Å². The van der Waals surface area contributed by atoms with Crippen molar-refractivity contribution in [2.45, 2.75) is 0 Å². The summed E-state index contributed by atoms with van der Waals surface area (Å²) < 4.78 is 6.39. The van der Waals surface area contributed by atoms with Crippen molar-refractivity contribution < 1.29 is 9.21 Å². The number of hydrogen-bond acceptors (Lipinski definition) is 4. The monoisotopic (exact) mass is 238 g/mol. The van der Waals surface area contributed by atoms with E-state index in [1.54, 1.807) is 25.2 Å². The minimum Gasteiger partial charge on any atom is -0.408 e. The molecule has 2 aromatic rings. The molecule has 1 N–H and O–H groups in total. The smallest absolute Gasteiger partial charge is 0.408 e. The molecule has 1 amide bonds. The van der Waals surface area contributed by atoms with Gasteiger partial charge in [0.05, 0.1) is 11.3 Å². The van der Waals surface area contributed by atoms with E-state index in [0.717, 1.165) is 0 Å². The number of oxazole rings is 1. The van der Waals surface area contributed by atoms with Gasteiger partial charge < -0.3 is 9.73 Å². The van der Waals surface area contributed by atoms with E-state index in [0.29, 0.717) is 16.8 Å². The van der Waals surface area contributed by atoms with E-state index >= 15 is 0 Å². The number of carbonyl (C=O) groups is 1. The first-order valence-electron chi connectivity index (χ1n) is 4.62. The van der Waals surface area contributed by atoms with Crippen LogP contribution in [0, 0.1) is 0 Å². The molecule has 0 aliphatic heterocycles. The molecule has 84 valence electrons. The van der Waals surface area contributed by atoms with Crippen molar-refractivity contribution in [3.8, 4) is 0 Å². The van der Waals surface area contributed by atoms with Crippen LogP contribution >= 0.6 is 12.6 Å².